The zero-order valence-electron chi connectivity index (χ0n) is 23.9. The summed E-state index contributed by atoms with van der Waals surface area (Å²) in [4.78, 5) is 15.7. The first-order chi connectivity index (χ1) is 19.2. The fourth-order valence-electron chi connectivity index (χ4n) is 11.4. The van der Waals surface area contributed by atoms with Gasteiger partial charge in [0.25, 0.3) is 0 Å². The van der Waals surface area contributed by atoms with E-state index < -0.39 is 46.1 Å². The molecule has 1 aliphatic heterocycles. The number of nitrogens with zero attached hydrogens (tertiary/aromatic N) is 1. The minimum atomic E-state index is -1.28. The number of esters is 1. The Labute approximate surface area is 235 Å². The highest BCUT2D eigenvalue weighted by molar-refractivity contribution is 5.89. The van der Waals surface area contributed by atoms with E-state index in [-0.39, 0.29) is 36.3 Å². The topological polar surface area (TPSA) is 118 Å². The van der Waals surface area contributed by atoms with Gasteiger partial charge in [-0.3, -0.25) is 4.90 Å². The molecule has 3 N–H and O–H groups in total. The lowest BCUT2D eigenvalue weighted by molar-refractivity contribution is -0.324. The van der Waals surface area contributed by atoms with Crippen molar-refractivity contribution in [2.24, 2.45) is 34.5 Å². The monoisotopic (exact) mass is 557 g/mol. The first kappa shape index (κ1) is 27.1. The molecule has 7 bridgehead atoms. The number of aliphatic hydroxyl groups is 3. The largest absolute Gasteiger partial charge is 0.497 e. The summed E-state index contributed by atoms with van der Waals surface area (Å²) in [6, 6.07) is 6.69. The van der Waals surface area contributed by atoms with E-state index in [1.807, 2.05) is 0 Å². The molecule has 40 heavy (non-hydrogen) atoms. The van der Waals surface area contributed by atoms with Crippen LogP contribution in [-0.2, 0) is 14.2 Å². The molecule has 3 unspecified atom stereocenters. The van der Waals surface area contributed by atoms with E-state index >= 15 is 0 Å². The summed E-state index contributed by atoms with van der Waals surface area (Å²) in [7, 11) is 5.02. The summed E-state index contributed by atoms with van der Waals surface area (Å²) in [5.41, 5.74) is -3.09. The molecule has 1 aromatic rings. The molecular weight excluding hydrogens is 514 g/mol. The number of aliphatic hydroxyl groups excluding tert-OH is 1. The van der Waals surface area contributed by atoms with E-state index in [2.05, 4.69) is 11.8 Å². The number of benzene rings is 1. The number of rotatable bonds is 7. The highest BCUT2D eigenvalue weighted by atomic mass is 16.5. The summed E-state index contributed by atoms with van der Waals surface area (Å²) in [6.45, 7) is 4.09. The number of carbonyl (C=O) groups excluding carboxylic acids is 1. The normalized spacial score (nSPS) is 50.1. The van der Waals surface area contributed by atoms with E-state index in [0.717, 1.165) is 19.4 Å². The first-order valence-corrected chi connectivity index (χ1v) is 14.9. The summed E-state index contributed by atoms with van der Waals surface area (Å²) >= 11 is 0. The summed E-state index contributed by atoms with van der Waals surface area (Å²) in [5.74, 6) is -1.00. The molecular formula is C31H43NO8. The van der Waals surface area contributed by atoms with Crippen LogP contribution in [0.3, 0.4) is 0 Å². The Hall–Kier alpha value is -1.75. The number of fused-ring (bicyclic) bond motifs is 2. The second kappa shape index (κ2) is 8.88. The lowest BCUT2D eigenvalue weighted by Gasteiger charge is -2.71. The maximum Gasteiger partial charge on any atom is 0.338 e. The van der Waals surface area contributed by atoms with Crippen molar-refractivity contribution in [2.75, 3.05) is 41.0 Å². The number of piperidine rings is 1. The van der Waals surface area contributed by atoms with Crippen molar-refractivity contribution in [3.8, 4) is 5.75 Å². The Morgan fingerprint density at radius 3 is 2.50 bits per heavy atom. The zero-order valence-corrected chi connectivity index (χ0v) is 23.9. The van der Waals surface area contributed by atoms with Crippen LogP contribution in [0.15, 0.2) is 24.3 Å². The number of hydrogen-bond acceptors (Lipinski definition) is 9. The molecule has 6 fully saturated rings. The average Bonchev–Trinajstić information content (AvgIpc) is 3.34. The van der Waals surface area contributed by atoms with Crippen LogP contribution in [0.4, 0.5) is 0 Å². The van der Waals surface area contributed by atoms with Crippen LogP contribution in [-0.4, -0.2) is 103 Å². The number of likely N-dealkylation sites (tertiary alicyclic amines) is 1. The quantitative estimate of drug-likeness (QED) is 0.432. The lowest BCUT2D eigenvalue weighted by Crippen LogP contribution is -2.81. The molecule has 1 aromatic carbocycles. The Bertz CT molecular complexity index is 1180. The lowest BCUT2D eigenvalue weighted by atomic mass is 9.41. The highest BCUT2D eigenvalue weighted by Crippen LogP contribution is 2.80. The van der Waals surface area contributed by atoms with Crippen molar-refractivity contribution in [3.63, 3.8) is 0 Å². The molecule has 220 valence electrons. The standard InChI is InChI=1S/C31H43NO8/c1-5-32-15-28(16-37-2)11-10-23(39-4)31-20-12-19-22(40-27(34)17-6-8-18(38-3)9-7-17)14-29(35,24(20)25(19)33)21(26(31)32)13-30(28,31)36/h6-9,19-26,33,35-36H,5,10-16H2,1-4H3/t19-,20+,21?,22-,23-,24?,25-,26?,28-,29-,30-,31+/m0/s1. The molecule has 1 saturated heterocycles. The molecule has 0 radical (unpaired) electrons. The van der Waals surface area contributed by atoms with Gasteiger partial charge in [0.15, 0.2) is 0 Å². The van der Waals surface area contributed by atoms with Gasteiger partial charge in [-0.15, -0.1) is 0 Å². The molecule has 1 heterocycles. The second-order valence-corrected chi connectivity index (χ2v) is 13.5. The van der Waals surface area contributed by atoms with Crippen LogP contribution >= 0.6 is 0 Å². The fraction of sp³-hybridized carbons (Fsp3) is 0.774. The third-order valence-electron chi connectivity index (χ3n) is 12.6. The van der Waals surface area contributed by atoms with Crippen LogP contribution in [0.25, 0.3) is 0 Å². The van der Waals surface area contributed by atoms with Crippen molar-refractivity contribution in [1.29, 1.82) is 0 Å². The van der Waals surface area contributed by atoms with Gasteiger partial charge in [0, 0.05) is 61.8 Å². The number of hydrogen-bond donors (Lipinski definition) is 3. The minimum absolute atomic E-state index is 0.0917. The molecule has 0 amide bonds. The van der Waals surface area contributed by atoms with Gasteiger partial charge in [-0.05, 0) is 62.4 Å². The predicted molar refractivity (Wildman–Crippen MR) is 144 cm³/mol. The highest BCUT2D eigenvalue weighted by Gasteiger charge is 2.88. The molecule has 0 aromatic heterocycles. The number of ether oxygens (including phenoxy) is 4. The second-order valence-electron chi connectivity index (χ2n) is 13.5. The minimum Gasteiger partial charge on any atom is -0.497 e. The van der Waals surface area contributed by atoms with Crippen molar-refractivity contribution in [3.05, 3.63) is 29.8 Å². The van der Waals surface area contributed by atoms with Gasteiger partial charge >= 0.3 is 5.97 Å². The van der Waals surface area contributed by atoms with Crippen LogP contribution in [0.1, 0.15) is 49.4 Å². The van der Waals surface area contributed by atoms with E-state index in [0.29, 0.717) is 37.3 Å². The van der Waals surface area contributed by atoms with Crippen molar-refractivity contribution in [1.82, 2.24) is 4.90 Å². The smallest absolute Gasteiger partial charge is 0.338 e. The van der Waals surface area contributed by atoms with E-state index in [1.54, 1.807) is 45.6 Å². The van der Waals surface area contributed by atoms with Crippen molar-refractivity contribution >= 4 is 5.97 Å². The first-order valence-electron chi connectivity index (χ1n) is 14.9. The fourth-order valence-corrected chi connectivity index (χ4v) is 11.4. The molecule has 9 heteroatoms. The van der Waals surface area contributed by atoms with E-state index in [4.69, 9.17) is 18.9 Å². The molecule has 9 nitrogen and oxygen atoms in total. The molecule has 5 aliphatic carbocycles. The molecule has 5 saturated carbocycles. The van der Waals surface area contributed by atoms with Crippen LogP contribution in [0, 0.1) is 34.5 Å². The van der Waals surface area contributed by atoms with Gasteiger partial charge < -0.3 is 34.3 Å². The predicted octanol–water partition coefficient (Wildman–Crippen LogP) is 1.87. The van der Waals surface area contributed by atoms with E-state index in [9.17, 15) is 20.1 Å². The molecule has 1 spiro atoms. The third-order valence-corrected chi connectivity index (χ3v) is 12.6. The third kappa shape index (κ3) is 2.97. The van der Waals surface area contributed by atoms with Gasteiger partial charge in [0.05, 0.1) is 42.7 Å². The molecule has 6 aliphatic rings. The van der Waals surface area contributed by atoms with Crippen molar-refractivity contribution in [2.45, 2.75) is 74.6 Å². The van der Waals surface area contributed by atoms with Gasteiger partial charge in [-0.2, -0.15) is 0 Å². The van der Waals surface area contributed by atoms with Crippen LogP contribution in [0.2, 0.25) is 0 Å². The Morgan fingerprint density at radius 2 is 1.85 bits per heavy atom. The Morgan fingerprint density at radius 1 is 1.10 bits per heavy atom. The SMILES string of the molecule is CCN1C[C@]2(COC)CC[C@H](OC)[C@]34C1C(C[C@]23O)[C@@]1(O)C[C@H](OC(=O)c2ccc(OC)cc2)[C@@H]2C[C@@H]4C1[C@H]2O. The average molecular weight is 558 g/mol. The molecule has 7 rings (SSSR count). The summed E-state index contributed by atoms with van der Waals surface area (Å²) in [6.07, 6.45) is 1.21. The van der Waals surface area contributed by atoms with Gasteiger partial charge in [0.2, 0.25) is 0 Å². The number of methoxy groups -OCH3 is 3. The maximum absolute atomic E-state index is 13.3. The van der Waals surface area contributed by atoms with Gasteiger partial charge in [0.1, 0.15) is 11.9 Å². The van der Waals surface area contributed by atoms with Gasteiger partial charge in [-0.1, -0.05) is 6.92 Å². The van der Waals surface area contributed by atoms with Crippen molar-refractivity contribution < 1.29 is 39.1 Å². The van der Waals surface area contributed by atoms with Crippen LogP contribution < -0.4 is 4.74 Å². The Balaban J connectivity index is 1.32. The molecule has 12 atom stereocenters. The summed E-state index contributed by atoms with van der Waals surface area (Å²) in [5, 5.41) is 37.6. The summed E-state index contributed by atoms with van der Waals surface area (Å²) < 4.78 is 23.4. The maximum atomic E-state index is 13.3. The van der Waals surface area contributed by atoms with Gasteiger partial charge in [-0.25, -0.2) is 4.79 Å². The zero-order chi connectivity index (χ0) is 28.2. The number of carbonyl (C=O) groups is 1. The van der Waals surface area contributed by atoms with Crippen LogP contribution in [0.5, 0.6) is 5.75 Å². The Kier molecular flexibility index (Phi) is 6.02. The van der Waals surface area contributed by atoms with E-state index in [1.165, 1.54) is 0 Å².